The SMILES string of the molecule is CC(C)(C)OC(=O)Nc1cncc([C@H]2C[C@@H](C(=O)O)N(C(=O)OCC3c4ccccc4-c4ccccc43)C2)c1. The quantitative estimate of drug-likeness (QED) is 0.440. The molecule has 2 amide bonds. The third-order valence-corrected chi connectivity index (χ3v) is 7.03. The Hall–Kier alpha value is -4.40. The first-order valence-electron chi connectivity index (χ1n) is 12.9. The molecule has 9 nitrogen and oxygen atoms in total. The van der Waals surface area contributed by atoms with Crippen LogP contribution in [-0.4, -0.2) is 57.9 Å². The standard InChI is InChI=1S/C30H31N3O6/c1-30(2,3)39-28(36)32-20-12-18(14-31-15-20)19-13-26(27(34)35)33(16-19)29(37)38-17-25-23-10-6-4-8-21(23)22-9-5-7-11-24(22)25/h4-12,14-15,19,25-26H,13,16-17H2,1-3H3,(H,32,36)(H,34,35)/t19-,26-/m0/s1. The second-order valence-corrected chi connectivity index (χ2v) is 10.9. The number of aliphatic carboxylic acids is 1. The van der Waals surface area contributed by atoms with E-state index in [9.17, 15) is 19.5 Å². The van der Waals surface area contributed by atoms with Crippen LogP contribution in [0.25, 0.3) is 11.1 Å². The summed E-state index contributed by atoms with van der Waals surface area (Å²) < 4.78 is 11.0. The Balaban J connectivity index is 1.28. The fraction of sp³-hybridized carbons (Fsp3) is 0.333. The van der Waals surface area contributed by atoms with Crippen molar-refractivity contribution in [1.82, 2.24) is 9.88 Å². The van der Waals surface area contributed by atoms with Gasteiger partial charge in [-0.05, 0) is 61.1 Å². The van der Waals surface area contributed by atoms with Crippen LogP contribution in [0.5, 0.6) is 0 Å². The lowest BCUT2D eigenvalue weighted by molar-refractivity contribution is -0.141. The maximum absolute atomic E-state index is 13.2. The first-order valence-corrected chi connectivity index (χ1v) is 12.9. The van der Waals surface area contributed by atoms with Crippen LogP contribution in [0.3, 0.4) is 0 Å². The Labute approximate surface area is 226 Å². The molecule has 2 N–H and O–H groups in total. The molecule has 0 radical (unpaired) electrons. The Morgan fingerprint density at radius 2 is 1.67 bits per heavy atom. The number of amides is 2. The number of benzene rings is 2. The second kappa shape index (κ2) is 10.4. The molecule has 0 saturated carbocycles. The third-order valence-electron chi connectivity index (χ3n) is 7.03. The largest absolute Gasteiger partial charge is 0.480 e. The molecule has 1 fully saturated rings. The smallest absolute Gasteiger partial charge is 0.412 e. The van der Waals surface area contributed by atoms with Crippen molar-refractivity contribution in [2.24, 2.45) is 0 Å². The molecule has 0 unspecified atom stereocenters. The number of anilines is 1. The fourth-order valence-corrected chi connectivity index (χ4v) is 5.36. The Bertz CT molecular complexity index is 1370. The van der Waals surface area contributed by atoms with Crippen LogP contribution in [0.2, 0.25) is 0 Å². The van der Waals surface area contributed by atoms with E-state index >= 15 is 0 Å². The van der Waals surface area contributed by atoms with E-state index in [0.717, 1.165) is 22.3 Å². The van der Waals surface area contributed by atoms with Gasteiger partial charge in [0.25, 0.3) is 0 Å². The van der Waals surface area contributed by atoms with Gasteiger partial charge in [-0.2, -0.15) is 0 Å². The predicted molar refractivity (Wildman–Crippen MR) is 145 cm³/mol. The first kappa shape index (κ1) is 26.2. The van der Waals surface area contributed by atoms with E-state index in [2.05, 4.69) is 22.4 Å². The number of ether oxygens (including phenoxy) is 2. The molecular weight excluding hydrogens is 498 g/mol. The molecule has 5 rings (SSSR count). The van der Waals surface area contributed by atoms with E-state index in [4.69, 9.17) is 9.47 Å². The van der Waals surface area contributed by atoms with E-state index in [0.29, 0.717) is 11.3 Å². The molecule has 1 aromatic heterocycles. The first-order chi connectivity index (χ1) is 18.6. The number of pyridine rings is 1. The summed E-state index contributed by atoms with van der Waals surface area (Å²) in [4.78, 5) is 42.9. The predicted octanol–water partition coefficient (Wildman–Crippen LogP) is 5.62. The van der Waals surface area contributed by atoms with Gasteiger partial charge in [0.15, 0.2) is 0 Å². The van der Waals surface area contributed by atoms with Crippen molar-refractivity contribution >= 4 is 23.8 Å². The molecule has 0 spiro atoms. The summed E-state index contributed by atoms with van der Waals surface area (Å²) in [5.74, 6) is -1.51. The fourth-order valence-electron chi connectivity index (χ4n) is 5.36. The van der Waals surface area contributed by atoms with Gasteiger partial charge in [-0.25, -0.2) is 14.4 Å². The summed E-state index contributed by atoms with van der Waals surface area (Å²) in [6.07, 6.45) is 2.03. The lowest BCUT2D eigenvalue weighted by Gasteiger charge is -2.22. The summed E-state index contributed by atoms with van der Waals surface area (Å²) in [6, 6.07) is 16.8. The van der Waals surface area contributed by atoms with E-state index < -0.39 is 29.8 Å². The van der Waals surface area contributed by atoms with Crippen LogP contribution in [0.15, 0.2) is 67.0 Å². The summed E-state index contributed by atoms with van der Waals surface area (Å²) in [5, 5.41) is 12.5. The van der Waals surface area contributed by atoms with Gasteiger partial charge < -0.3 is 14.6 Å². The molecule has 1 aliphatic carbocycles. The zero-order valence-corrected chi connectivity index (χ0v) is 22.1. The molecule has 2 heterocycles. The van der Waals surface area contributed by atoms with E-state index in [1.165, 1.54) is 11.1 Å². The number of likely N-dealkylation sites (tertiary alicyclic amines) is 1. The van der Waals surface area contributed by atoms with Crippen LogP contribution in [0.1, 0.15) is 55.7 Å². The zero-order chi connectivity index (χ0) is 27.7. The van der Waals surface area contributed by atoms with Gasteiger partial charge in [-0.15, -0.1) is 0 Å². The number of hydrogen-bond acceptors (Lipinski definition) is 6. The number of nitrogens with one attached hydrogen (secondary N) is 1. The minimum Gasteiger partial charge on any atom is -0.480 e. The van der Waals surface area contributed by atoms with Gasteiger partial charge >= 0.3 is 18.2 Å². The Kier molecular flexibility index (Phi) is 6.99. The molecule has 39 heavy (non-hydrogen) atoms. The summed E-state index contributed by atoms with van der Waals surface area (Å²) in [7, 11) is 0. The molecule has 9 heteroatoms. The average molecular weight is 530 g/mol. The lowest BCUT2D eigenvalue weighted by Crippen LogP contribution is -2.41. The number of aromatic nitrogens is 1. The molecule has 2 aromatic carbocycles. The van der Waals surface area contributed by atoms with Crippen molar-refractivity contribution in [3.63, 3.8) is 0 Å². The summed E-state index contributed by atoms with van der Waals surface area (Å²) in [6.45, 7) is 5.57. The Morgan fingerprint density at radius 3 is 2.28 bits per heavy atom. The highest BCUT2D eigenvalue weighted by molar-refractivity contribution is 5.85. The molecule has 1 aliphatic heterocycles. The van der Waals surface area contributed by atoms with Crippen LogP contribution in [-0.2, 0) is 14.3 Å². The minimum atomic E-state index is -1.10. The molecule has 202 valence electrons. The van der Waals surface area contributed by atoms with E-state index in [1.807, 2.05) is 36.4 Å². The average Bonchev–Trinajstić information content (AvgIpc) is 3.47. The highest BCUT2D eigenvalue weighted by Gasteiger charge is 2.42. The third kappa shape index (κ3) is 5.57. The second-order valence-electron chi connectivity index (χ2n) is 10.9. The van der Waals surface area contributed by atoms with Crippen LogP contribution < -0.4 is 5.32 Å². The number of carboxylic acids is 1. The van der Waals surface area contributed by atoms with Crippen molar-refractivity contribution in [3.8, 4) is 11.1 Å². The van der Waals surface area contributed by atoms with Crippen molar-refractivity contribution < 1.29 is 29.0 Å². The molecule has 0 bridgehead atoms. The highest BCUT2D eigenvalue weighted by Crippen LogP contribution is 2.44. The normalized spacial score (nSPS) is 18.3. The number of carboxylic acid groups (broad SMARTS) is 1. The van der Waals surface area contributed by atoms with Crippen molar-refractivity contribution in [1.29, 1.82) is 0 Å². The number of fused-ring (bicyclic) bond motifs is 3. The van der Waals surface area contributed by atoms with Crippen molar-refractivity contribution in [3.05, 3.63) is 83.7 Å². The molecule has 1 saturated heterocycles. The van der Waals surface area contributed by atoms with Crippen LogP contribution >= 0.6 is 0 Å². The van der Waals surface area contributed by atoms with Gasteiger partial charge in [0.1, 0.15) is 18.2 Å². The van der Waals surface area contributed by atoms with Gasteiger partial charge in [0.2, 0.25) is 0 Å². The van der Waals surface area contributed by atoms with Gasteiger partial charge in [0.05, 0.1) is 11.9 Å². The summed E-state index contributed by atoms with van der Waals surface area (Å²) in [5.41, 5.74) is 4.88. The number of carbonyl (C=O) groups is 3. The maximum atomic E-state index is 13.2. The minimum absolute atomic E-state index is 0.108. The van der Waals surface area contributed by atoms with Crippen molar-refractivity contribution in [2.75, 3.05) is 18.5 Å². The lowest BCUT2D eigenvalue weighted by atomic mass is 9.97. The number of hydrogen-bond donors (Lipinski definition) is 2. The van der Waals surface area contributed by atoms with Crippen LogP contribution in [0, 0.1) is 0 Å². The monoisotopic (exact) mass is 529 g/mol. The number of rotatable bonds is 5. The van der Waals surface area contributed by atoms with Gasteiger partial charge in [-0.3, -0.25) is 15.2 Å². The highest BCUT2D eigenvalue weighted by atomic mass is 16.6. The number of carbonyl (C=O) groups excluding carboxylic acids is 2. The molecular formula is C30H31N3O6. The molecule has 3 aromatic rings. The molecule has 2 aliphatic rings. The topological polar surface area (TPSA) is 118 Å². The maximum Gasteiger partial charge on any atom is 0.412 e. The van der Waals surface area contributed by atoms with E-state index in [1.54, 1.807) is 33.0 Å². The van der Waals surface area contributed by atoms with Crippen LogP contribution in [0.4, 0.5) is 15.3 Å². The zero-order valence-electron chi connectivity index (χ0n) is 22.1. The molecule has 2 atom stereocenters. The number of nitrogens with zero attached hydrogens (tertiary/aromatic N) is 2. The van der Waals surface area contributed by atoms with Gasteiger partial charge in [-0.1, -0.05) is 48.5 Å². The Morgan fingerprint density at radius 1 is 1.03 bits per heavy atom. The van der Waals surface area contributed by atoms with Gasteiger partial charge in [0, 0.05) is 24.6 Å². The summed E-state index contributed by atoms with van der Waals surface area (Å²) >= 11 is 0. The van der Waals surface area contributed by atoms with Crippen molar-refractivity contribution in [2.45, 2.75) is 50.7 Å². The van der Waals surface area contributed by atoms with E-state index in [-0.39, 0.29) is 31.4 Å².